The van der Waals surface area contributed by atoms with Crippen LogP contribution < -0.4 is 25.2 Å². The predicted molar refractivity (Wildman–Crippen MR) is 139 cm³/mol. The number of rotatable bonds is 10. The van der Waals surface area contributed by atoms with E-state index in [2.05, 4.69) is 15.3 Å². The molecule has 11 nitrogen and oxygen atoms in total. The van der Waals surface area contributed by atoms with Crippen molar-refractivity contribution in [1.82, 2.24) is 9.97 Å². The minimum Gasteiger partial charge on any atom is -0.507 e. The molecule has 0 fully saturated rings. The van der Waals surface area contributed by atoms with Crippen LogP contribution in [-0.2, 0) is 16.1 Å². The molecule has 1 atom stereocenters. The highest BCUT2D eigenvalue weighted by atomic mass is 16.5. The lowest BCUT2D eigenvalue weighted by molar-refractivity contribution is -0.116. The largest absolute Gasteiger partial charge is 0.507 e. The molecular formula is C27H29N3O8. The van der Waals surface area contributed by atoms with Crippen LogP contribution in [0.3, 0.4) is 0 Å². The number of hydrogen-bond acceptors (Lipinski definition) is 9. The molecule has 0 unspecified atom stereocenters. The first-order chi connectivity index (χ1) is 18.3. The van der Waals surface area contributed by atoms with Crippen LogP contribution in [0.15, 0.2) is 45.6 Å². The van der Waals surface area contributed by atoms with Gasteiger partial charge in [0.2, 0.25) is 11.7 Å². The van der Waals surface area contributed by atoms with Gasteiger partial charge in [0.15, 0.2) is 11.5 Å². The molecule has 200 valence electrons. The number of nitrogens with one attached hydrogen (secondary N) is 2. The van der Waals surface area contributed by atoms with E-state index in [9.17, 15) is 14.7 Å². The van der Waals surface area contributed by atoms with E-state index in [1.165, 1.54) is 27.4 Å². The third kappa shape index (κ3) is 5.28. The normalized spacial score (nSPS) is 11.8. The van der Waals surface area contributed by atoms with E-state index >= 15 is 0 Å². The topological polar surface area (TPSA) is 145 Å². The first-order valence-corrected chi connectivity index (χ1v) is 11.7. The lowest BCUT2D eigenvalue weighted by Gasteiger charge is -2.22. The second-order valence-corrected chi connectivity index (χ2v) is 8.52. The molecule has 1 amide bonds. The Balaban J connectivity index is 1.74. The Morgan fingerprint density at radius 3 is 2.50 bits per heavy atom. The van der Waals surface area contributed by atoms with Gasteiger partial charge < -0.3 is 38.8 Å². The number of H-pyrrole nitrogens is 1. The van der Waals surface area contributed by atoms with E-state index in [0.29, 0.717) is 29.4 Å². The van der Waals surface area contributed by atoms with Gasteiger partial charge in [-0.3, -0.25) is 4.79 Å². The number of imidazole rings is 1. The fourth-order valence-corrected chi connectivity index (χ4v) is 4.44. The predicted octanol–water partition coefficient (Wildman–Crippen LogP) is 3.86. The average molecular weight is 524 g/mol. The fourth-order valence-electron chi connectivity index (χ4n) is 4.44. The van der Waals surface area contributed by atoms with E-state index in [1.807, 2.05) is 0 Å². The Labute approximate surface area is 218 Å². The summed E-state index contributed by atoms with van der Waals surface area (Å²) in [4.78, 5) is 33.8. The number of aromatic nitrogens is 2. The Bertz CT molecular complexity index is 1530. The molecule has 2 aromatic heterocycles. The van der Waals surface area contributed by atoms with Gasteiger partial charge in [-0.05, 0) is 31.2 Å². The van der Waals surface area contributed by atoms with Crippen molar-refractivity contribution < 1.29 is 33.3 Å². The van der Waals surface area contributed by atoms with E-state index in [0.717, 1.165) is 11.0 Å². The highest BCUT2D eigenvalue weighted by molar-refractivity contribution is 5.94. The molecule has 0 bridgehead atoms. The standard InChI is InChI=1S/C27H29N3O8/c1-14-10-20(31)24(27(33)38-14)17(16-7-9-21(35-3)26(37-5)25(16)36-4)12-23(32)28-15-6-8-18-19(11-15)30-22(29-18)13-34-2/h6-11,17,31H,12-13H2,1-5H3,(H,28,32)(H,29,30)/t17-/m1/s1. The number of aryl methyl sites for hydroxylation is 1. The molecule has 3 N–H and O–H groups in total. The first-order valence-electron chi connectivity index (χ1n) is 11.7. The summed E-state index contributed by atoms with van der Waals surface area (Å²) in [6.07, 6.45) is -0.219. The van der Waals surface area contributed by atoms with Crippen LogP contribution in [0.25, 0.3) is 11.0 Å². The Kier molecular flexibility index (Phi) is 7.87. The van der Waals surface area contributed by atoms with Crippen molar-refractivity contribution in [2.45, 2.75) is 25.9 Å². The minimum absolute atomic E-state index is 0.0792. The molecule has 0 aliphatic rings. The third-order valence-corrected chi connectivity index (χ3v) is 6.03. The smallest absolute Gasteiger partial charge is 0.343 e. The molecule has 0 aliphatic heterocycles. The number of carbonyl (C=O) groups is 1. The van der Waals surface area contributed by atoms with Gasteiger partial charge in [-0.1, -0.05) is 6.07 Å². The molecule has 4 rings (SSSR count). The number of aromatic amines is 1. The van der Waals surface area contributed by atoms with E-state index in [1.54, 1.807) is 44.4 Å². The number of ether oxygens (including phenoxy) is 4. The number of benzene rings is 2. The van der Waals surface area contributed by atoms with Crippen LogP contribution in [0.4, 0.5) is 5.69 Å². The van der Waals surface area contributed by atoms with Gasteiger partial charge in [0.1, 0.15) is 23.9 Å². The van der Waals surface area contributed by atoms with Crippen molar-refractivity contribution in [2.24, 2.45) is 0 Å². The number of carbonyl (C=O) groups excluding carboxylic acids is 1. The minimum atomic E-state index is -0.939. The molecule has 0 spiro atoms. The van der Waals surface area contributed by atoms with Crippen molar-refractivity contribution in [3.63, 3.8) is 0 Å². The van der Waals surface area contributed by atoms with Crippen LogP contribution in [0.5, 0.6) is 23.0 Å². The quantitative estimate of drug-likeness (QED) is 0.282. The van der Waals surface area contributed by atoms with Crippen molar-refractivity contribution in [3.05, 3.63) is 69.5 Å². The second-order valence-electron chi connectivity index (χ2n) is 8.52. The number of fused-ring (bicyclic) bond motifs is 1. The zero-order valence-electron chi connectivity index (χ0n) is 21.7. The summed E-state index contributed by atoms with van der Waals surface area (Å²) in [5.74, 6) is 0.190. The maximum atomic E-state index is 13.3. The molecule has 0 saturated heterocycles. The maximum absolute atomic E-state index is 13.3. The van der Waals surface area contributed by atoms with Crippen LogP contribution in [0.1, 0.15) is 35.1 Å². The summed E-state index contributed by atoms with van der Waals surface area (Å²) in [5, 5.41) is 13.6. The van der Waals surface area contributed by atoms with E-state index in [-0.39, 0.29) is 35.0 Å². The number of nitrogens with zero attached hydrogens (tertiary/aromatic N) is 1. The number of methoxy groups -OCH3 is 4. The summed E-state index contributed by atoms with van der Waals surface area (Å²) in [6, 6.07) is 9.88. The number of hydrogen-bond donors (Lipinski definition) is 3. The van der Waals surface area contributed by atoms with Crippen molar-refractivity contribution in [3.8, 4) is 23.0 Å². The van der Waals surface area contributed by atoms with Gasteiger partial charge in [0, 0.05) is 36.8 Å². The van der Waals surface area contributed by atoms with E-state index in [4.69, 9.17) is 23.4 Å². The highest BCUT2D eigenvalue weighted by Gasteiger charge is 2.30. The Morgan fingerprint density at radius 1 is 1.08 bits per heavy atom. The molecule has 0 aliphatic carbocycles. The first kappa shape index (κ1) is 26.6. The average Bonchev–Trinajstić information content (AvgIpc) is 3.28. The van der Waals surface area contributed by atoms with Crippen molar-refractivity contribution in [1.29, 1.82) is 0 Å². The number of amides is 1. The zero-order valence-corrected chi connectivity index (χ0v) is 21.7. The number of anilines is 1. The summed E-state index contributed by atoms with van der Waals surface area (Å²) in [5.41, 5.74) is 1.56. The summed E-state index contributed by atoms with van der Waals surface area (Å²) in [7, 11) is 5.95. The molecule has 2 heterocycles. The van der Waals surface area contributed by atoms with Crippen LogP contribution in [-0.4, -0.2) is 49.4 Å². The monoisotopic (exact) mass is 523 g/mol. The van der Waals surface area contributed by atoms with Gasteiger partial charge in [0.25, 0.3) is 0 Å². The van der Waals surface area contributed by atoms with Gasteiger partial charge in [-0.2, -0.15) is 0 Å². The van der Waals surface area contributed by atoms with Crippen LogP contribution in [0.2, 0.25) is 0 Å². The SMILES string of the molecule is COCc1nc2ccc(NC(=O)C[C@H](c3ccc(OC)c(OC)c3OC)c3c(O)cc(C)oc3=O)cc2[nH]1. The van der Waals surface area contributed by atoms with Crippen molar-refractivity contribution in [2.75, 3.05) is 33.8 Å². The molecule has 4 aromatic rings. The Hall–Kier alpha value is -4.51. The van der Waals surface area contributed by atoms with Crippen molar-refractivity contribution >= 4 is 22.6 Å². The van der Waals surface area contributed by atoms with Crippen LogP contribution in [0, 0.1) is 6.92 Å². The summed E-state index contributed by atoms with van der Waals surface area (Å²) in [6.45, 7) is 1.88. The third-order valence-electron chi connectivity index (χ3n) is 6.03. The van der Waals surface area contributed by atoms with Gasteiger partial charge >= 0.3 is 5.63 Å². The van der Waals surface area contributed by atoms with Gasteiger partial charge in [0.05, 0.1) is 37.9 Å². The lowest BCUT2D eigenvalue weighted by atomic mass is 9.87. The molecule has 0 saturated carbocycles. The summed E-state index contributed by atoms with van der Waals surface area (Å²) >= 11 is 0. The maximum Gasteiger partial charge on any atom is 0.343 e. The number of aromatic hydroxyl groups is 1. The highest BCUT2D eigenvalue weighted by Crippen LogP contribution is 2.46. The molecular weight excluding hydrogens is 494 g/mol. The molecule has 11 heteroatoms. The lowest BCUT2D eigenvalue weighted by Crippen LogP contribution is -2.21. The fraction of sp³-hybridized carbons (Fsp3) is 0.296. The van der Waals surface area contributed by atoms with Crippen LogP contribution >= 0.6 is 0 Å². The Morgan fingerprint density at radius 2 is 1.84 bits per heavy atom. The van der Waals surface area contributed by atoms with Gasteiger partial charge in [-0.25, -0.2) is 9.78 Å². The molecule has 38 heavy (non-hydrogen) atoms. The zero-order chi connectivity index (χ0) is 27.4. The molecule has 2 aromatic carbocycles. The second kappa shape index (κ2) is 11.3. The summed E-state index contributed by atoms with van der Waals surface area (Å²) < 4.78 is 26.9. The van der Waals surface area contributed by atoms with E-state index < -0.39 is 17.5 Å². The molecule has 0 radical (unpaired) electrons. The van der Waals surface area contributed by atoms with Gasteiger partial charge in [-0.15, -0.1) is 0 Å².